The van der Waals surface area contributed by atoms with E-state index in [1.165, 1.54) is 0 Å². The summed E-state index contributed by atoms with van der Waals surface area (Å²) in [6.07, 6.45) is -5.27. The number of nitrogens with one attached hydrogen (secondary N) is 1. The predicted octanol–water partition coefficient (Wildman–Crippen LogP) is 0.693. The average molecular weight is 192 g/mol. The van der Waals surface area contributed by atoms with E-state index in [4.69, 9.17) is 5.11 Å². The highest BCUT2D eigenvalue weighted by molar-refractivity contribution is 5.85. The normalized spacial score (nSPS) is 31.6. The van der Waals surface area contributed by atoms with E-state index in [1.807, 2.05) is 0 Å². The molecule has 0 aromatic heterocycles. The highest BCUT2D eigenvalue weighted by atomic mass is 35.5. The van der Waals surface area contributed by atoms with Gasteiger partial charge in [-0.1, -0.05) is 0 Å². The van der Waals surface area contributed by atoms with Crippen LogP contribution in [-0.2, 0) is 0 Å². The van der Waals surface area contributed by atoms with Crippen molar-refractivity contribution in [1.29, 1.82) is 0 Å². The number of rotatable bonds is 0. The van der Waals surface area contributed by atoms with Gasteiger partial charge in [-0.05, 0) is 6.42 Å². The van der Waals surface area contributed by atoms with Gasteiger partial charge in [0, 0.05) is 6.54 Å². The fraction of sp³-hybridized carbons (Fsp3) is 1.00. The lowest BCUT2D eigenvalue weighted by Gasteiger charge is -2.13. The molecule has 0 spiro atoms. The van der Waals surface area contributed by atoms with Crippen LogP contribution in [0.4, 0.5) is 13.2 Å². The molecule has 1 saturated heterocycles. The molecule has 0 saturated carbocycles. The molecule has 2 N–H and O–H groups in total. The van der Waals surface area contributed by atoms with Gasteiger partial charge in [0.05, 0.1) is 6.10 Å². The van der Waals surface area contributed by atoms with Crippen LogP contribution in [-0.4, -0.2) is 30.0 Å². The first-order chi connectivity index (χ1) is 4.50. The SMILES string of the molecule is Cl.OC1CNC(C(F)(F)F)C1. The van der Waals surface area contributed by atoms with E-state index in [1.54, 1.807) is 0 Å². The predicted molar refractivity (Wildman–Crippen MR) is 35.7 cm³/mol. The topological polar surface area (TPSA) is 32.3 Å². The summed E-state index contributed by atoms with van der Waals surface area (Å²) in [5, 5.41) is 10.9. The van der Waals surface area contributed by atoms with E-state index < -0.39 is 18.3 Å². The van der Waals surface area contributed by atoms with Crippen LogP contribution < -0.4 is 5.32 Å². The summed E-state index contributed by atoms with van der Waals surface area (Å²) in [7, 11) is 0. The smallest absolute Gasteiger partial charge is 0.392 e. The highest BCUT2D eigenvalue weighted by Gasteiger charge is 2.43. The van der Waals surface area contributed by atoms with E-state index in [-0.39, 0.29) is 25.4 Å². The van der Waals surface area contributed by atoms with Crippen LogP contribution in [0.5, 0.6) is 0 Å². The van der Waals surface area contributed by atoms with E-state index >= 15 is 0 Å². The van der Waals surface area contributed by atoms with Crippen LogP contribution >= 0.6 is 12.4 Å². The van der Waals surface area contributed by atoms with Crippen LogP contribution in [0.1, 0.15) is 6.42 Å². The Balaban J connectivity index is 0.000001000. The molecule has 0 amide bonds. The van der Waals surface area contributed by atoms with Gasteiger partial charge in [0.25, 0.3) is 0 Å². The molecular formula is C5H9ClF3NO. The molecule has 2 atom stereocenters. The Labute approximate surface area is 68.2 Å². The van der Waals surface area contributed by atoms with Gasteiger partial charge in [-0.15, -0.1) is 12.4 Å². The third kappa shape index (κ3) is 2.84. The standard InChI is InChI=1S/C5H8F3NO.ClH/c6-5(7,8)4-1-3(10)2-9-4;/h3-4,9-10H,1-2H2;1H. The maximum absolute atomic E-state index is 11.8. The first-order valence-corrected chi connectivity index (χ1v) is 2.98. The molecule has 11 heavy (non-hydrogen) atoms. The van der Waals surface area contributed by atoms with Gasteiger partial charge in [0.15, 0.2) is 0 Å². The molecular weight excluding hydrogens is 183 g/mol. The Bertz CT molecular complexity index is 129. The second-order valence-corrected chi connectivity index (χ2v) is 2.39. The molecule has 68 valence electrons. The summed E-state index contributed by atoms with van der Waals surface area (Å²) in [6, 6.07) is -1.51. The minimum atomic E-state index is -4.21. The Morgan fingerprint density at radius 3 is 2.09 bits per heavy atom. The maximum Gasteiger partial charge on any atom is 0.403 e. The zero-order valence-corrected chi connectivity index (χ0v) is 6.37. The second kappa shape index (κ2) is 3.60. The Morgan fingerprint density at radius 1 is 1.36 bits per heavy atom. The summed E-state index contributed by atoms with van der Waals surface area (Å²) >= 11 is 0. The molecule has 0 radical (unpaired) electrons. The zero-order chi connectivity index (χ0) is 7.78. The van der Waals surface area contributed by atoms with Crippen molar-refractivity contribution >= 4 is 12.4 Å². The fourth-order valence-electron chi connectivity index (χ4n) is 0.966. The second-order valence-electron chi connectivity index (χ2n) is 2.39. The van der Waals surface area contributed by atoms with Crippen molar-refractivity contribution in [3.8, 4) is 0 Å². The lowest BCUT2D eigenvalue weighted by Crippen LogP contribution is -2.36. The summed E-state index contributed by atoms with van der Waals surface area (Å²) < 4.78 is 35.3. The van der Waals surface area contributed by atoms with Crippen molar-refractivity contribution in [2.45, 2.75) is 24.7 Å². The molecule has 2 unspecified atom stereocenters. The Kier molecular flexibility index (Phi) is 3.60. The van der Waals surface area contributed by atoms with E-state index in [0.29, 0.717) is 0 Å². The highest BCUT2D eigenvalue weighted by Crippen LogP contribution is 2.26. The molecule has 1 fully saturated rings. The first-order valence-electron chi connectivity index (χ1n) is 2.98. The van der Waals surface area contributed by atoms with Crippen molar-refractivity contribution in [3.05, 3.63) is 0 Å². The van der Waals surface area contributed by atoms with Gasteiger partial charge >= 0.3 is 6.18 Å². The minimum absolute atomic E-state index is 0. The molecule has 0 aromatic carbocycles. The largest absolute Gasteiger partial charge is 0.403 e. The van der Waals surface area contributed by atoms with E-state index in [0.717, 1.165) is 0 Å². The van der Waals surface area contributed by atoms with E-state index in [2.05, 4.69) is 5.32 Å². The number of alkyl halides is 3. The number of β-amino-alcohol motifs (C(OH)–C–C–N with tert-alkyl or cyclic N) is 1. The minimum Gasteiger partial charge on any atom is -0.392 e. The van der Waals surface area contributed by atoms with Gasteiger partial charge in [-0.2, -0.15) is 13.2 Å². The summed E-state index contributed by atoms with van der Waals surface area (Å²) in [5.74, 6) is 0. The number of hydrogen-bond donors (Lipinski definition) is 2. The lowest BCUT2D eigenvalue weighted by molar-refractivity contribution is -0.153. The zero-order valence-electron chi connectivity index (χ0n) is 5.56. The van der Waals surface area contributed by atoms with Gasteiger partial charge in [0.2, 0.25) is 0 Å². The number of halogens is 4. The molecule has 2 nitrogen and oxygen atoms in total. The van der Waals surface area contributed by atoms with Crippen LogP contribution in [0.15, 0.2) is 0 Å². The van der Waals surface area contributed by atoms with Crippen LogP contribution in [0.3, 0.4) is 0 Å². The van der Waals surface area contributed by atoms with Crippen molar-refractivity contribution in [1.82, 2.24) is 5.32 Å². The third-order valence-electron chi connectivity index (χ3n) is 1.50. The van der Waals surface area contributed by atoms with Gasteiger partial charge in [0.1, 0.15) is 6.04 Å². The molecule has 0 aliphatic carbocycles. The molecule has 1 heterocycles. The van der Waals surface area contributed by atoms with Crippen molar-refractivity contribution in [3.63, 3.8) is 0 Å². The summed E-state index contributed by atoms with van der Waals surface area (Å²) in [4.78, 5) is 0. The summed E-state index contributed by atoms with van der Waals surface area (Å²) in [5.41, 5.74) is 0. The van der Waals surface area contributed by atoms with Gasteiger partial charge in [-0.3, -0.25) is 0 Å². The van der Waals surface area contributed by atoms with Crippen molar-refractivity contribution in [2.75, 3.05) is 6.54 Å². The molecule has 0 aromatic rings. The molecule has 0 bridgehead atoms. The fourth-order valence-corrected chi connectivity index (χ4v) is 0.966. The number of hydrogen-bond acceptors (Lipinski definition) is 2. The molecule has 1 aliphatic rings. The lowest BCUT2D eigenvalue weighted by atomic mass is 10.2. The number of aliphatic hydroxyl groups is 1. The monoisotopic (exact) mass is 191 g/mol. The average Bonchev–Trinajstić information content (AvgIpc) is 2.11. The van der Waals surface area contributed by atoms with Crippen molar-refractivity contribution in [2.24, 2.45) is 0 Å². The van der Waals surface area contributed by atoms with Crippen LogP contribution in [0.2, 0.25) is 0 Å². The van der Waals surface area contributed by atoms with Gasteiger partial charge < -0.3 is 10.4 Å². The molecule has 6 heteroatoms. The van der Waals surface area contributed by atoms with E-state index in [9.17, 15) is 13.2 Å². The van der Waals surface area contributed by atoms with Crippen molar-refractivity contribution < 1.29 is 18.3 Å². The van der Waals surface area contributed by atoms with Crippen LogP contribution in [0, 0.1) is 0 Å². The Morgan fingerprint density at radius 2 is 1.91 bits per heavy atom. The summed E-state index contributed by atoms with van der Waals surface area (Å²) in [6.45, 7) is 0.0458. The Hall–Kier alpha value is -0.0000000000000000555. The van der Waals surface area contributed by atoms with Gasteiger partial charge in [-0.25, -0.2) is 0 Å². The molecule has 1 aliphatic heterocycles. The molecule has 1 rings (SSSR count). The third-order valence-corrected chi connectivity index (χ3v) is 1.50. The quantitative estimate of drug-likeness (QED) is 0.591. The number of aliphatic hydroxyl groups excluding tert-OH is 1. The first kappa shape index (κ1) is 11.0. The maximum atomic E-state index is 11.8. The van der Waals surface area contributed by atoms with Crippen LogP contribution in [0.25, 0.3) is 0 Å².